The summed E-state index contributed by atoms with van der Waals surface area (Å²) in [6.07, 6.45) is 1.97. The maximum atomic E-state index is 12.0. The van der Waals surface area contributed by atoms with E-state index in [1.54, 1.807) is 29.8 Å². The number of amides is 1. The van der Waals surface area contributed by atoms with E-state index < -0.39 is 0 Å². The molecule has 1 aromatic carbocycles. The monoisotopic (exact) mass is 321 g/mol. The molecule has 0 saturated carbocycles. The van der Waals surface area contributed by atoms with Crippen molar-refractivity contribution in [1.82, 2.24) is 4.90 Å². The summed E-state index contributed by atoms with van der Waals surface area (Å²) in [6.45, 7) is 0.665. The molecule has 2 nitrogen and oxygen atoms in total. The Bertz CT molecular complexity index is 386. The molecule has 88 valence electrons. The lowest BCUT2D eigenvalue weighted by atomic mass is 10.2. The number of benzene rings is 1. The molecule has 0 fully saturated rings. The van der Waals surface area contributed by atoms with Crippen LogP contribution in [0.4, 0.5) is 0 Å². The molecule has 1 amide bonds. The van der Waals surface area contributed by atoms with Crippen LogP contribution in [0.1, 0.15) is 10.4 Å². The Morgan fingerprint density at radius 2 is 2.25 bits per heavy atom. The highest BCUT2D eigenvalue weighted by atomic mass is 79.9. The van der Waals surface area contributed by atoms with Gasteiger partial charge in [0.1, 0.15) is 0 Å². The molecule has 0 saturated heterocycles. The number of carbonyl (C=O) groups is 1. The number of hydrogen-bond donors (Lipinski definition) is 0. The summed E-state index contributed by atoms with van der Waals surface area (Å²) in [5.41, 5.74) is 0.567. The van der Waals surface area contributed by atoms with Crippen LogP contribution >= 0.6 is 39.3 Å². The summed E-state index contributed by atoms with van der Waals surface area (Å²) < 4.78 is 0. The van der Waals surface area contributed by atoms with Crippen LogP contribution in [0.25, 0.3) is 0 Å². The fourth-order valence-corrected chi connectivity index (χ4v) is 2.40. The summed E-state index contributed by atoms with van der Waals surface area (Å²) in [5.74, 6) is -0.0413. The predicted molar refractivity (Wildman–Crippen MR) is 74.0 cm³/mol. The highest BCUT2D eigenvalue weighted by molar-refractivity contribution is 9.09. The summed E-state index contributed by atoms with van der Waals surface area (Å²) >= 11 is 10.9. The zero-order valence-corrected chi connectivity index (χ0v) is 12.3. The first-order chi connectivity index (χ1) is 7.60. The van der Waals surface area contributed by atoms with E-state index in [9.17, 15) is 4.79 Å². The highest BCUT2D eigenvalue weighted by Crippen LogP contribution is 2.23. The van der Waals surface area contributed by atoms with Gasteiger partial charge < -0.3 is 4.90 Å². The summed E-state index contributed by atoms with van der Waals surface area (Å²) in [4.78, 5) is 14.7. The van der Waals surface area contributed by atoms with E-state index in [1.807, 2.05) is 18.4 Å². The number of carbonyl (C=O) groups excluding carboxylic acids is 1. The van der Waals surface area contributed by atoms with Crippen molar-refractivity contribution >= 4 is 45.2 Å². The topological polar surface area (TPSA) is 20.3 Å². The lowest BCUT2D eigenvalue weighted by Crippen LogP contribution is -2.28. The Labute approximate surface area is 113 Å². The van der Waals surface area contributed by atoms with Gasteiger partial charge in [-0.15, -0.1) is 11.8 Å². The van der Waals surface area contributed by atoms with Crippen LogP contribution in [0.3, 0.4) is 0 Å². The van der Waals surface area contributed by atoms with Gasteiger partial charge in [0.15, 0.2) is 0 Å². The molecule has 1 aromatic rings. The molecule has 0 radical (unpaired) electrons. The Morgan fingerprint density at radius 1 is 1.56 bits per heavy atom. The first-order valence-electron chi connectivity index (χ1n) is 4.75. The van der Waals surface area contributed by atoms with E-state index in [2.05, 4.69) is 15.9 Å². The van der Waals surface area contributed by atoms with E-state index in [0.29, 0.717) is 17.1 Å². The van der Waals surface area contributed by atoms with Crippen LogP contribution < -0.4 is 0 Å². The number of nitrogens with zero attached hydrogens (tertiary/aromatic N) is 1. The van der Waals surface area contributed by atoms with E-state index >= 15 is 0 Å². The molecule has 0 aliphatic rings. The summed E-state index contributed by atoms with van der Waals surface area (Å²) in [5, 5.41) is 1.26. The average Bonchev–Trinajstić information content (AvgIpc) is 2.29. The largest absolute Gasteiger partial charge is 0.341 e. The third kappa shape index (κ3) is 3.40. The maximum Gasteiger partial charge on any atom is 0.255 e. The SMILES string of the molecule is CSc1ccc(Cl)c(C(=O)N(C)CCBr)c1. The van der Waals surface area contributed by atoms with Crippen molar-refractivity contribution in [3.63, 3.8) is 0 Å². The van der Waals surface area contributed by atoms with Crippen LogP contribution in [-0.2, 0) is 0 Å². The molecule has 1 rings (SSSR count). The fourth-order valence-electron chi connectivity index (χ4n) is 1.23. The summed E-state index contributed by atoms with van der Waals surface area (Å²) in [7, 11) is 1.77. The zero-order chi connectivity index (χ0) is 12.1. The van der Waals surface area contributed by atoms with Crippen LogP contribution in [0, 0.1) is 0 Å². The molecule has 0 aliphatic heterocycles. The second kappa shape index (κ2) is 6.52. The molecule has 16 heavy (non-hydrogen) atoms. The lowest BCUT2D eigenvalue weighted by molar-refractivity contribution is 0.0804. The molecule has 0 bridgehead atoms. The van der Waals surface area contributed by atoms with Crippen molar-refractivity contribution in [2.24, 2.45) is 0 Å². The van der Waals surface area contributed by atoms with Crippen molar-refractivity contribution in [2.45, 2.75) is 4.90 Å². The van der Waals surface area contributed by atoms with Crippen molar-refractivity contribution in [3.05, 3.63) is 28.8 Å². The van der Waals surface area contributed by atoms with Gasteiger partial charge in [0, 0.05) is 23.8 Å². The molecular formula is C11H13BrClNOS. The van der Waals surface area contributed by atoms with Crippen molar-refractivity contribution in [1.29, 1.82) is 0 Å². The third-order valence-corrected chi connectivity index (χ3v) is 3.58. The zero-order valence-electron chi connectivity index (χ0n) is 9.17. The minimum atomic E-state index is -0.0413. The lowest BCUT2D eigenvalue weighted by Gasteiger charge is -2.16. The molecule has 5 heteroatoms. The van der Waals surface area contributed by atoms with E-state index in [-0.39, 0.29) is 5.91 Å². The number of rotatable bonds is 4. The van der Waals surface area contributed by atoms with Gasteiger partial charge in [-0.2, -0.15) is 0 Å². The Balaban J connectivity index is 2.97. The minimum Gasteiger partial charge on any atom is -0.341 e. The van der Waals surface area contributed by atoms with Gasteiger partial charge in [-0.1, -0.05) is 27.5 Å². The van der Waals surface area contributed by atoms with Gasteiger partial charge in [-0.3, -0.25) is 4.79 Å². The Kier molecular flexibility index (Phi) is 5.66. The van der Waals surface area contributed by atoms with Gasteiger partial charge in [0.05, 0.1) is 10.6 Å². The quantitative estimate of drug-likeness (QED) is 0.624. The van der Waals surface area contributed by atoms with Gasteiger partial charge in [0.2, 0.25) is 0 Å². The van der Waals surface area contributed by atoms with Gasteiger partial charge in [-0.25, -0.2) is 0 Å². The van der Waals surface area contributed by atoms with E-state index in [1.165, 1.54) is 0 Å². The fraction of sp³-hybridized carbons (Fsp3) is 0.364. The highest BCUT2D eigenvalue weighted by Gasteiger charge is 2.15. The Hall–Kier alpha value is -0.190. The Morgan fingerprint density at radius 3 is 2.81 bits per heavy atom. The second-order valence-electron chi connectivity index (χ2n) is 3.26. The smallest absolute Gasteiger partial charge is 0.255 e. The molecular weight excluding hydrogens is 310 g/mol. The number of alkyl halides is 1. The third-order valence-electron chi connectivity index (χ3n) is 2.17. The first kappa shape index (κ1) is 13.9. The molecule has 0 heterocycles. The van der Waals surface area contributed by atoms with Crippen LogP contribution in [0.5, 0.6) is 0 Å². The molecule has 0 aliphatic carbocycles. The molecule has 0 atom stereocenters. The van der Waals surface area contributed by atoms with Crippen molar-refractivity contribution in [3.8, 4) is 0 Å². The average molecular weight is 323 g/mol. The molecule has 0 aromatic heterocycles. The van der Waals surface area contributed by atoms with Crippen LogP contribution in [-0.4, -0.2) is 36.0 Å². The van der Waals surface area contributed by atoms with Crippen molar-refractivity contribution in [2.75, 3.05) is 25.2 Å². The summed E-state index contributed by atoms with van der Waals surface area (Å²) in [6, 6.07) is 5.51. The van der Waals surface area contributed by atoms with Crippen molar-refractivity contribution < 1.29 is 4.79 Å². The van der Waals surface area contributed by atoms with Gasteiger partial charge in [-0.05, 0) is 24.5 Å². The number of hydrogen-bond acceptors (Lipinski definition) is 2. The standard InChI is InChI=1S/C11H13BrClNOS/c1-14(6-5-12)11(15)9-7-8(16-2)3-4-10(9)13/h3-4,7H,5-6H2,1-2H3. The maximum absolute atomic E-state index is 12.0. The number of halogens is 2. The van der Waals surface area contributed by atoms with Crippen LogP contribution in [0.15, 0.2) is 23.1 Å². The molecule has 0 N–H and O–H groups in total. The minimum absolute atomic E-state index is 0.0413. The van der Waals surface area contributed by atoms with E-state index in [0.717, 1.165) is 10.2 Å². The normalized spacial score (nSPS) is 10.2. The van der Waals surface area contributed by atoms with Gasteiger partial charge >= 0.3 is 0 Å². The molecule has 0 spiro atoms. The predicted octanol–water partition coefficient (Wildman–Crippen LogP) is 3.53. The second-order valence-corrected chi connectivity index (χ2v) is 5.34. The first-order valence-corrected chi connectivity index (χ1v) is 7.47. The number of thioether (sulfide) groups is 1. The molecule has 0 unspecified atom stereocenters. The van der Waals surface area contributed by atoms with Crippen LogP contribution in [0.2, 0.25) is 5.02 Å². The van der Waals surface area contributed by atoms with E-state index in [4.69, 9.17) is 11.6 Å². The van der Waals surface area contributed by atoms with Gasteiger partial charge in [0.25, 0.3) is 5.91 Å².